The van der Waals surface area contributed by atoms with Gasteiger partial charge in [0.25, 0.3) is 5.91 Å². The second-order valence-corrected chi connectivity index (χ2v) is 9.71. The molecule has 0 saturated heterocycles. The van der Waals surface area contributed by atoms with Gasteiger partial charge in [-0.25, -0.2) is 4.68 Å². The molecule has 0 spiro atoms. The molecular formula is C24H26BrN5O2S. The van der Waals surface area contributed by atoms with E-state index in [4.69, 9.17) is 9.84 Å². The SMILES string of the molecule is CCCSc1nc2n(n1)C(c1cc(Br)ccc1OC)C(C(=O)Nc1ccccc1C)=C(C)N2. The fourth-order valence-electron chi connectivity index (χ4n) is 3.79. The van der Waals surface area contributed by atoms with Crippen LogP contribution in [0.4, 0.5) is 11.6 Å². The van der Waals surface area contributed by atoms with Gasteiger partial charge in [-0.1, -0.05) is 52.8 Å². The van der Waals surface area contributed by atoms with Crippen LogP contribution in [0.1, 0.15) is 37.4 Å². The van der Waals surface area contributed by atoms with E-state index < -0.39 is 6.04 Å². The van der Waals surface area contributed by atoms with Crippen LogP contribution in [0, 0.1) is 6.92 Å². The molecule has 0 bridgehead atoms. The predicted octanol–water partition coefficient (Wildman–Crippen LogP) is 5.79. The normalized spacial score (nSPS) is 15.1. The molecule has 4 rings (SSSR count). The summed E-state index contributed by atoms with van der Waals surface area (Å²) in [5.41, 5.74) is 3.86. The number of carbonyl (C=O) groups is 1. The molecule has 33 heavy (non-hydrogen) atoms. The lowest BCUT2D eigenvalue weighted by Crippen LogP contribution is -2.32. The third-order valence-electron chi connectivity index (χ3n) is 5.39. The highest BCUT2D eigenvalue weighted by atomic mass is 79.9. The summed E-state index contributed by atoms with van der Waals surface area (Å²) in [5.74, 6) is 1.99. The number of hydrogen-bond donors (Lipinski definition) is 2. The van der Waals surface area contributed by atoms with E-state index in [2.05, 4.69) is 38.5 Å². The number of para-hydroxylation sites is 1. The van der Waals surface area contributed by atoms with Crippen molar-refractivity contribution in [2.24, 2.45) is 0 Å². The van der Waals surface area contributed by atoms with Crippen LogP contribution in [-0.2, 0) is 4.79 Å². The van der Waals surface area contributed by atoms with Crippen molar-refractivity contribution in [3.05, 3.63) is 69.3 Å². The lowest BCUT2D eigenvalue weighted by molar-refractivity contribution is -0.113. The zero-order valence-electron chi connectivity index (χ0n) is 19.0. The van der Waals surface area contributed by atoms with Gasteiger partial charge in [0.2, 0.25) is 11.1 Å². The van der Waals surface area contributed by atoms with Gasteiger partial charge in [0.05, 0.1) is 12.7 Å². The van der Waals surface area contributed by atoms with E-state index in [1.54, 1.807) is 23.6 Å². The minimum Gasteiger partial charge on any atom is -0.496 e. The second-order valence-electron chi connectivity index (χ2n) is 7.73. The third kappa shape index (κ3) is 4.79. The zero-order chi connectivity index (χ0) is 23.5. The van der Waals surface area contributed by atoms with Gasteiger partial charge in [-0.05, 0) is 50.1 Å². The lowest BCUT2D eigenvalue weighted by atomic mass is 9.94. The quantitative estimate of drug-likeness (QED) is 0.378. The standard InChI is InChI=1S/C24H26BrN5O2S/c1-5-12-33-24-28-23-26-15(3)20(22(31)27-18-9-7-6-8-14(18)2)21(30(23)29-24)17-13-16(25)10-11-19(17)32-4/h6-11,13,21H,5,12H2,1-4H3,(H,27,31)(H,26,28,29). The molecule has 1 aromatic heterocycles. The number of anilines is 2. The van der Waals surface area contributed by atoms with Crippen molar-refractivity contribution in [2.45, 2.75) is 38.4 Å². The van der Waals surface area contributed by atoms with Gasteiger partial charge in [-0.2, -0.15) is 4.98 Å². The van der Waals surface area contributed by atoms with Crippen LogP contribution in [-0.4, -0.2) is 33.5 Å². The molecule has 1 unspecified atom stereocenters. The highest BCUT2D eigenvalue weighted by Crippen LogP contribution is 2.41. The topological polar surface area (TPSA) is 81.1 Å². The number of fused-ring (bicyclic) bond motifs is 1. The molecule has 0 aliphatic carbocycles. The molecule has 2 aromatic carbocycles. The summed E-state index contributed by atoms with van der Waals surface area (Å²) >= 11 is 5.17. The molecule has 1 aliphatic rings. The number of nitrogens with zero attached hydrogens (tertiary/aromatic N) is 3. The van der Waals surface area contributed by atoms with Gasteiger partial charge < -0.3 is 15.4 Å². The first kappa shape index (κ1) is 23.4. The number of aromatic nitrogens is 3. The highest BCUT2D eigenvalue weighted by molar-refractivity contribution is 9.10. The van der Waals surface area contributed by atoms with Crippen molar-refractivity contribution >= 4 is 45.2 Å². The molecule has 3 aromatic rings. The molecule has 2 heterocycles. The fraction of sp³-hybridized carbons (Fsp3) is 0.292. The number of halogens is 1. The molecule has 1 amide bonds. The molecule has 0 saturated carbocycles. The van der Waals surface area contributed by atoms with Crippen LogP contribution < -0.4 is 15.4 Å². The average molecular weight is 528 g/mol. The second kappa shape index (κ2) is 10.0. The van der Waals surface area contributed by atoms with E-state index in [1.165, 1.54) is 0 Å². The number of allylic oxidation sites excluding steroid dienone is 1. The first-order chi connectivity index (χ1) is 15.9. The number of hydrogen-bond acceptors (Lipinski definition) is 6. The van der Waals surface area contributed by atoms with Crippen LogP contribution >= 0.6 is 27.7 Å². The molecule has 9 heteroatoms. The number of ether oxygens (including phenoxy) is 1. The Morgan fingerprint density at radius 1 is 1.27 bits per heavy atom. The molecule has 172 valence electrons. The van der Waals surface area contributed by atoms with Crippen LogP contribution in [0.3, 0.4) is 0 Å². The van der Waals surface area contributed by atoms with Gasteiger partial charge in [-0.15, -0.1) is 5.10 Å². The number of rotatable bonds is 7. The van der Waals surface area contributed by atoms with Crippen LogP contribution in [0.2, 0.25) is 0 Å². The van der Waals surface area contributed by atoms with E-state index >= 15 is 0 Å². The summed E-state index contributed by atoms with van der Waals surface area (Å²) < 4.78 is 8.34. The Labute approximate surface area is 206 Å². The Morgan fingerprint density at radius 3 is 2.79 bits per heavy atom. The minimum absolute atomic E-state index is 0.203. The number of aryl methyl sites for hydroxylation is 1. The summed E-state index contributed by atoms with van der Waals surface area (Å²) in [5, 5.41) is 11.8. The van der Waals surface area contributed by atoms with Crippen LogP contribution in [0.5, 0.6) is 5.75 Å². The lowest BCUT2D eigenvalue weighted by Gasteiger charge is -2.29. The maximum atomic E-state index is 13.7. The maximum absolute atomic E-state index is 13.7. The summed E-state index contributed by atoms with van der Waals surface area (Å²) in [7, 11) is 1.63. The molecular weight excluding hydrogens is 502 g/mol. The Bertz CT molecular complexity index is 1220. The molecule has 2 N–H and O–H groups in total. The smallest absolute Gasteiger partial charge is 0.255 e. The van der Waals surface area contributed by atoms with Crippen molar-refractivity contribution in [3.8, 4) is 5.75 Å². The first-order valence-corrected chi connectivity index (χ1v) is 12.5. The van der Waals surface area contributed by atoms with Gasteiger partial charge in [0, 0.05) is 27.2 Å². The minimum atomic E-state index is -0.513. The van der Waals surface area contributed by atoms with E-state index in [-0.39, 0.29) is 5.91 Å². The number of benzene rings is 2. The van der Waals surface area contributed by atoms with Crippen LogP contribution in [0.15, 0.2) is 63.4 Å². The van der Waals surface area contributed by atoms with Gasteiger partial charge >= 0.3 is 0 Å². The van der Waals surface area contributed by atoms with Gasteiger partial charge in [0.1, 0.15) is 11.8 Å². The van der Waals surface area contributed by atoms with Gasteiger partial charge in [-0.3, -0.25) is 4.79 Å². The Kier molecular flexibility index (Phi) is 7.09. The number of nitrogens with one attached hydrogen (secondary N) is 2. The molecule has 1 aliphatic heterocycles. The summed E-state index contributed by atoms with van der Waals surface area (Å²) in [4.78, 5) is 18.3. The largest absolute Gasteiger partial charge is 0.496 e. The van der Waals surface area contributed by atoms with Crippen molar-refractivity contribution in [1.29, 1.82) is 0 Å². The maximum Gasteiger partial charge on any atom is 0.255 e. The highest BCUT2D eigenvalue weighted by Gasteiger charge is 2.36. The van der Waals surface area contributed by atoms with E-state index in [1.807, 2.05) is 56.3 Å². The average Bonchev–Trinajstić information content (AvgIpc) is 3.20. The first-order valence-electron chi connectivity index (χ1n) is 10.7. The summed E-state index contributed by atoms with van der Waals surface area (Å²) in [6.45, 7) is 5.98. The Balaban J connectivity index is 1.83. The van der Waals surface area contributed by atoms with Crippen molar-refractivity contribution in [1.82, 2.24) is 14.8 Å². The third-order valence-corrected chi connectivity index (χ3v) is 6.93. The molecule has 1 atom stereocenters. The Morgan fingerprint density at radius 2 is 2.06 bits per heavy atom. The Hall–Kier alpha value is -2.78. The summed E-state index contributed by atoms with van der Waals surface area (Å²) in [6, 6.07) is 13.0. The van der Waals surface area contributed by atoms with Crippen molar-refractivity contribution in [3.63, 3.8) is 0 Å². The number of carbonyl (C=O) groups excluding carboxylic acids is 1. The van der Waals surface area contributed by atoms with Crippen LogP contribution in [0.25, 0.3) is 0 Å². The predicted molar refractivity (Wildman–Crippen MR) is 136 cm³/mol. The van der Waals surface area contributed by atoms with Crippen molar-refractivity contribution < 1.29 is 9.53 Å². The van der Waals surface area contributed by atoms with Gasteiger partial charge in [0.15, 0.2) is 0 Å². The monoisotopic (exact) mass is 527 g/mol. The van der Waals surface area contributed by atoms with E-state index in [9.17, 15) is 4.79 Å². The summed E-state index contributed by atoms with van der Waals surface area (Å²) in [6.07, 6.45) is 1.02. The van der Waals surface area contributed by atoms with E-state index in [0.717, 1.165) is 39.2 Å². The number of methoxy groups -OCH3 is 1. The molecule has 7 nitrogen and oxygen atoms in total. The fourth-order valence-corrected chi connectivity index (χ4v) is 4.85. The number of thioether (sulfide) groups is 1. The zero-order valence-corrected chi connectivity index (χ0v) is 21.4. The van der Waals surface area contributed by atoms with E-state index in [0.29, 0.717) is 22.4 Å². The molecule has 0 radical (unpaired) electrons. The number of amides is 1. The molecule has 0 fully saturated rings. The van der Waals surface area contributed by atoms with Crippen molar-refractivity contribution in [2.75, 3.05) is 23.5 Å².